The van der Waals surface area contributed by atoms with Gasteiger partial charge in [-0.05, 0) is 17.2 Å². The third-order valence-electron chi connectivity index (χ3n) is 3.30. The van der Waals surface area contributed by atoms with Crippen molar-refractivity contribution >= 4 is 11.6 Å². The Morgan fingerprint density at radius 1 is 1.50 bits per heavy atom. The highest BCUT2D eigenvalue weighted by Gasteiger charge is 2.20. The van der Waals surface area contributed by atoms with Gasteiger partial charge in [-0.1, -0.05) is 23.7 Å². The topological polar surface area (TPSA) is 53.1 Å². The second-order valence-electron chi connectivity index (χ2n) is 4.44. The SMILES string of the molecule is Cn1ncc(Cl)c1C(N)c1ccc2c(c1)CCO2. The summed E-state index contributed by atoms with van der Waals surface area (Å²) in [6, 6.07) is 5.78. The van der Waals surface area contributed by atoms with E-state index < -0.39 is 0 Å². The lowest BCUT2D eigenvalue weighted by Gasteiger charge is -2.14. The van der Waals surface area contributed by atoms with Crippen LogP contribution >= 0.6 is 11.6 Å². The van der Waals surface area contributed by atoms with Crippen LogP contribution in [0.4, 0.5) is 0 Å². The summed E-state index contributed by atoms with van der Waals surface area (Å²) >= 11 is 6.12. The maximum Gasteiger partial charge on any atom is 0.122 e. The second-order valence-corrected chi connectivity index (χ2v) is 4.85. The molecule has 4 nitrogen and oxygen atoms in total. The van der Waals surface area contributed by atoms with Gasteiger partial charge in [0.25, 0.3) is 0 Å². The first-order chi connectivity index (χ1) is 8.66. The van der Waals surface area contributed by atoms with Gasteiger partial charge in [0, 0.05) is 13.5 Å². The van der Waals surface area contributed by atoms with E-state index in [0.29, 0.717) is 5.02 Å². The van der Waals surface area contributed by atoms with Crippen molar-refractivity contribution in [1.82, 2.24) is 9.78 Å². The summed E-state index contributed by atoms with van der Waals surface area (Å²) in [6.45, 7) is 0.750. The molecule has 1 unspecified atom stereocenters. The summed E-state index contributed by atoms with van der Waals surface area (Å²) in [5, 5.41) is 4.71. The Morgan fingerprint density at radius 2 is 2.33 bits per heavy atom. The molecule has 3 rings (SSSR count). The van der Waals surface area contributed by atoms with Gasteiger partial charge < -0.3 is 10.5 Å². The largest absolute Gasteiger partial charge is 0.493 e. The van der Waals surface area contributed by atoms with Crippen LogP contribution in [-0.4, -0.2) is 16.4 Å². The van der Waals surface area contributed by atoms with Gasteiger partial charge in [-0.2, -0.15) is 5.10 Å². The zero-order chi connectivity index (χ0) is 12.7. The molecular formula is C13H14ClN3O. The van der Waals surface area contributed by atoms with Crippen molar-refractivity contribution in [2.24, 2.45) is 12.8 Å². The van der Waals surface area contributed by atoms with Crippen molar-refractivity contribution in [2.45, 2.75) is 12.5 Å². The molecule has 1 aromatic heterocycles. The van der Waals surface area contributed by atoms with Gasteiger partial charge in [0.1, 0.15) is 5.75 Å². The Bertz CT molecular complexity index is 574. The van der Waals surface area contributed by atoms with E-state index in [-0.39, 0.29) is 6.04 Å². The molecule has 0 bridgehead atoms. The van der Waals surface area contributed by atoms with Crippen molar-refractivity contribution in [3.05, 3.63) is 46.2 Å². The molecule has 0 radical (unpaired) electrons. The third-order valence-corrected chi connectivity index (χ3v) is 3.60. The third kappa shape index (κ3) is 1.78. The minimum Gasteiger partial charge on any atom is -0.493 e. The number of ether oxygens (including phenoxy) is 1. The van der Waals surface area contributed by atoms with E-state index in [1.807, 2.05) is 19.2 Å². The van der Waals surface area contributed by atoms with Crippen LogP contribution in [0.2, 0.25) is 5.02 Å². The lowest BCUT2D eigenvalue weighted by Crippen LogP contribution is -2.16. The van der Waals surface area contributed by atoms with Gasteiger partial charge in [-0.3, -0.25) is 4.68 Å². The molecule has 0 saturated heterocycles. The van der Waals surface area contributed by atoms with E-state index in [9.17, 15) is 0 Å². The fraction of sp³-hybridized carbons (Fsp3) is 0.308. The van der Waals surface area contributed by atoms with E-state index in [2.05, 4.69) is 11.2 Å². The van der Waals surface area contributed by atoms with Crippen LogP contribution in [0.1, 0.15) is 22.9 Å². The highest BCUT2D eigenvalue weighted by molar-refractivity contribution is 6.31. The normalized spacial score (nSPS) is 15.3. The molecular weight excluding hydrogens is 250 g/mol. The van der Waals surface area contributed by atoms with Crippen LogP contribution in [0.3, 0.4) is 0 Å². The molecule has 94 valence electrons. The molecule has 0 fully saturated rings. The number of aryl methyl sites for hydroxylation is 1. The zero-order valence-corrected chi connectivity index (χ0v) is 10.8. The van der Waals surface area contributed by atoms with Crippen molar-refractivity contribution in [1.29, 1.82) is 0 Å². The Balaban J connectivity index is 2.00. The van der Waals surface area contributed by atoms with Gasteiger partial charge in [0.05, 0.1) is 29.6 Å². The summed E-state index contributed by atoms with van der Waals surface area (Å²) in [5.74, 6) is 0.960. The van der Waals surface area contributed by atoms with E-state index >= 15 is 0 Å². The Hall–Kier alpha value is -1.52. The fourth-order valence-corrected chi connectivity index (χ4v) is 2.61. The molecule has 2 heterocycles. The van der Waals surface area contributed by atoms with Crippen LogP contribution in [0.5, 0.6) is 5.75 Å². The number of halogens is 1. The van der Waals surface area contributed by atoms with Gasteiger partial charge in [-0.25, -0.2) is 0 Å². The number of nitrogens with two attached hydrogens (primary N) is 1. The van der Waals surface area contributed by atoms with Gasteiger partial charge in [0.2, 0.25) is 0 Å². The van der Waals surface area contributed by atoms with Crippen molar-refractivity contribution in [3.8, 4) is 5.75 Å². The number of nitrogens with zero attached hydrogens (tertiary/aromatic N) is 2. The highest BCUT2D eigenvalue weighted by Crippen LogP contribution is 2.31. The monoisotopic (exact) mass is 263 g/mol. The van der Waals surface area contributed by atoms with Crippen LogP contribution in [0.15, 0.2) is 24.4 Å². The maximum atomic E-state index is 6.27. The number of hydrogen-bond acceptors (Lipinski definition) is 3. The van der Waals surface area contributed by atoms with Crippen LogP contribution in [0.25, 0.3) is 0 Å². The highest BCUT2D eigenvalue weighted by atomic mass is 35.5. The molecule has 1 aromatic carbocycles. The molecule has 0 aliphatic carbocycles. The van der Waals surface area contributed by atoms with Gasteiger partial charge in [0.15, 0.2) is 0 Å². The predicted molar refractivity (Wildman–Crippen MR) is 69.9 cm³/mol. The number of hydrogen-bond donors (Lipinski definition) is 1. The molecule has 0 spiro atoms. The summed E-state index contributed by atoms with van der Waals surface area (Å²) in [5.41, 5.74) is 9.34. The van der Waals surface area contributed by atoms with Crippen molar-refractivity contribution < 1.29 is 4.74 Å². The standard InChI is InChI=1S/C13H14ClN3O/c1-17-13(10(14)7-16-17)12(15)9-2-3-11-8(6-9)4-5-18-11/h2-3,6-7,12H,4-5,15H2,1H3. The summed E-state index contributed by atoms with van der Waals surface area (Å²) in [4.78, 5) is 0. The minimum atomic E-state index is -0.268. The molecule has 18 heavy (non-hydrogen) atoms. The lowest BCUT2D eigenvalue weighted by molar-refractivity contribution is 0.357. The second kappa shape index (κ2) is 4.30. The lowest BCUT2D eigenvalue weighted by atomic mass is 10.0. The zero-order valence-electron chi connectivity index (χ0n) is 10.1. The Kier molecular flexibility index (Phi) is 2.76. The first-order valence-electron chi connectivity index (χ1n) is 5.85. The number of benzene rings is 1. The quantitative estimate of drug-likeness (QED) is 0.902. The molecule has 5 heteroatoms. The first-order valence-corrected chi connectivity index (χ1v) is 6.23. The number of fused-ring (bicyclic) bond motifs is 1. The smallest absolute Gasteiger partial charge is 0.122 e. The molecule has 2 aromatic rings. The Labute approximate surface area is 110 Å². The molecule has 1 aliphatic heterocycles. The van der Waals surface area contributed by atoms with Crippen LogP contribution in [0, 0.1) is 0 Å². The van der Waals surface area contributed by atoms with Gasteiger partial charge in [-0.15, -0.1) is 0 Å². The maximum absolute atomic E-state index is 6.27. The van der Waals surface area contributed by atoms with Crippen LogP contribution in [-0.2, 0) is 13.5 Å². The minimum absolute atomic E-state index is 0.268. The van der Waals surface area contributed by atoms with Crippen LogP contribution < -0.4 is 10.5 Å². The molecule has 2 N–H and O–H groups in total. The average Bonchev–Trinajstić information content (AvgIpc) is 2.94. The van der Waals surface area contributed by atoms with E-state index in [1.54, 1.807) is 10.9 Å². The summed E-state index contributed by atoms with van der Waals surface area (Å²) < 4.78 is 7.21. The molecule has 1 atom stereocenters. The Morgan fingerprint density at radius 3 is 3.06 bits per heavy atom. The average molecular weight is 264 g/mol. The summed E-state index contributed by atoms with van der Waals surface area (Å²) in [7, 11) is 1.84. The van der Waals surface area contributed by atoms with E-state index in [0.717, 1.165) is 30.0 Å². The van der Waals surface area contributed by atoms with E-state index in [4.69, 9.17) is 22.1 Å². The summed E-state index contributed by atoms with van der Waals surface area (Å²) in [6.07, 6.45) is 2.56. The van der Waals surface area contributed by atoms with Crippen molar-refractivity contribution in [3.63, 3.8) is 0 Å². The van der Waals surface area contributed by atoms with Gasteiger partial charge >= 0.3 is 0 Å². The first kappa shape index (κ1) is 11.6. The molecule has 0 amide bonds. The molecule has 1 aliphatic rings. The van der Waals surface area contributed by atoms with Crippen molar-refractivity contribution in [2.75, 3.05) is 6.61 Å². The predicted octanol–water partition coefficient (Wildman–Crippen LogP) is 2.06. The number of aromatic nitrogens is 2. The fourth-order valence-electron chi connectivity index (χ4n) is 2.33. The molecule has 0 saturated carbocycles. The van der Waals surface area contributed by atoms with E-state index in [1.165, 1.54) is 5.56 Å². The number of rotatable bonds is 2.